The van der Waals surface area contributed by atoms with E-state index in [1.165, 1.54) is 6.92 Å². The van der Waals surface area contributed by atoms with Crippen LogP contribution in [0.4, 0.5) is 13.2 Å². The van der Waals surface area contributed by atoms with Gasteiger partial charge in [0, 0.05) is 50.3 Å². The molecule has 29 heavy (non-hydrogen) atoms. The van der Waals surface area contributed by atoms with Gasteiger partial charge in [0.2, 0.25) is 11.8 Å². The highest BCUT2D eigenvalue weighted by atomic mass is 19.4. The van der Waals surface area contributed by atoms with Gasteiger partial charge >= 0.3 is 6.18 Å². The fourth-order valence-corrected chi connectivity index (χ4v) is 4.22. The molecule has 0 spiro atoms. The summed E-state index contributed by atoms with van der Waals surface area (Å²) >= 11 is 0. The Balaban J connectivity index is 1.53. The quantitative estimate of drug-likeness (QED) is 0.780. The van der Waals surface area contributed by atoms with Crippen molar-refractivity contribution in [3.63, 3.8) is 0 Å². The molecule has 2 amide bonds. The second kappa shape index (κ2) is 7.00. The zero-order chi connectivity index (χ0) is 20.9. The lowest BCUT2D eigenvalue weighted by molar-refractivity contribution is -0.142. The lowest BCUT2D eigenvalue weighted by Crippen LogP contribution is -2.35. The maximum atomic E-state index is 13.3. The van der Waals surface area contributed by atoms with E-state index >= 15 is 0 Å². The van der Waals surface area contributed by atoms with Crippen LogP contribution < -0.4 is 0 Å². The van der Waals surface area contributed by atoms with Gasteiger partial charge in [-0.3, -0.25) is 9.59 Å². The molecule has 0 aliphatic carbocycles. The molecule has 156 valence electrons. The predicted molar refractivity (Wildman–Crippen MR) is 97.0 cm³/mol. The molecule has 0 N–H and O–H groups in total. The normalized spacial score (nSPS) is 22.9. The fraction of sp³-hybridized carbons (Fsp3) is 0.579. The topological polar surface area (TPSA) is 70.8 Å². The molecular formula is C19H22F3N5O2. The van der Waals surface area contributed by atoms with Crippen LogP contribution in [0, 0.1) is 12.8 Å². The number of aromatic nitrogens is 3. The average molecular weight is 409 g/mol. The number of aryl methyl sites for hydroxylation is 1. The molecule has 0 bridgehead atoms. The number of carbonyl (C=O) groups is 2. The van der Waals surface area contributed by atoms with Crippen LogP contribution in [0.5, 0.6) is 0 Å². The van der Waals surface area contributed by atoms with Crippen molar-refractivity contribution in [2.45, 2.75) is 38.8 Å². The first-order valence-electron chi connectivity index (χ1n) is 9.68. The third-order valence-electron chi connectivity index (χ3n) is 5.73. The van der Waals surface area contributed by atoms with Gasteiger partial charge in [-0.25, -0.2) is 9.50 Å². The van der Waals surface area contributed by atoms with Gasteiger partial charge in [-0.1, -0.05) is 0 Å². The number of nitrogens with zero attached hydrogens (tertiary/aromatic N) is 5. The van der Waals surface area contributed by atoms with Gasteiger partial charge in [-0.05, 0) is 26.3 Å². The number of likely N-dealkylation sites (tertiary alicyclic amines) is 2. The third-order valence-corrected chi connectivity index (χ3v) is 5.73. The van der Waals surface area contributed by atoms with Gasteiger partial charge in [0.1, 0.15) is 5.69 Å². The average Bonchev–Trinajstić information content (AvgIpc) is 3.36. The number of fused-ring (bicyclic) bond motifs is 1. The molecule has 2 saturated heterocycles. The van der Waals surface area contributed by atoms with Crippen LogP contribution in [0.2, 0.25) is 0 Å². The first-order valence-corrected chi connectivity index (χ1v) is 9.68. The second-order valence-electron chi connectivity index (χ2n) is 7.72. The fourth-order valence-electron chi connectivity index (χ4n) is 4.22. The zero-order valence-electron chi connectivity index (χ0n) is 16.2. The highest BCUT2D eigenvalue weighted by Crippen LogP contribution is 2.33. The van der Waals surface area contributed by atoms with Crippen LogP contribution in [0.3, 0.4) is 0 Å². The SMILES string of the molecule is CCN1C[C@H](C(=O)N2CC[C@@H](c3cc4nc(C)cc(C(F)(F)F)n4n3)C2)CC1=O. The molecule has 7 nitrogen and oxygen atoms in total. The van der Waals surface area contributed by atoms with Crippen molar-refractivity contribution in [1.29, 1.82) is 0 Å². The van der Waals surface area contributed by atoms with E-state index in [9.17, 15) is 22.8 Å². The van der Waals surface area contributed by atoms with Crippen LogP contribution in [0.1, 0.15) is 42.8 Å². The van der Waals surface area contributed by atoms with E-state index in [0.717, 1.165) is 10.6 Å². The van der Waals surface area contributed by atoms with E-state index in [2.05, 4.69) is 10.1 Å². The Morgan fingerprint density at radius 3 is 2.69 bits per heavy atom. The Morgan fingerprint density at radius 2 is 2.03 bits per heavy atom. The summed E-state index contributed by atoms with van der Waals surface area (Å²) in [6.45, 7) is 5.31. The number of halogens is 3. The molecular weight excluding hydrogens is 387 g/mol. The molecule has 4 rings (SSSR count). The molecule has 2 atom stereocenters. The number of alkyl halides is 3. The molecule has 2 aromatic rings. The Labute approximate surface area is 165 Å². The summed E-state index contributed by atoms with van der Waals surface area (Å²) in [5.74, 6) is -0.571. The smallest absolute Gasteiger partial charge is 0.342 e. The molecule has 2 fully saturated rings. The Bertz CT molecular complexity index is 971. The van der Waals surface area contributed by atoms with Gasteiger partial charge in [-0.2, -0.15) is 18.3 Å². The van der Waals surface area contributed by atoms with E-state index in [0.29, 0.717) is 38.3 Å². The van der Waals surface area contributed by atoms with E-state index < -0.39 is 11.9 Å². The van der Waals surface area contributed by atoms with Crippen molar-refractivity contribution in [1.82, 2.24) is 24.4 Å². The van der Waals surface area contributed by atoms with Crippen molar-refractivity contribution in [2.75, 3.05) is 26.2 Å². The minimum absolute atomic E-state index is 0.0110. The summed E-state index contributed by atoms with van der Waals surface area (Å²) in [4.78, 5) is 32.2. The van der Waals surface area contributed by atoms with Crippen LogP contribution in [0.25, 0.3) is 5.65 Å². The minimum Gasteiger partial charge on any atom is -0.342 e. The van der Waals surface area contributed by atoms with Gasteiger partial charge in [0.05, 0.1) is 11.6 Å². The maximum absolute atomic E-state index is 13.3. The molecule has 0 unspecified atom stereocenters. The van der Waals surface area contributed by atoms with Crippen LogP contribution in [-0.4, -0.2) is 62.4 Å². The molecule has 0 saturated carbocycles. The van der Waals surface area contributed by atoms with E-state index in [4.69, 9.17) is 0 Å². The number of hydrogen-bond donors (Lipinski definition) is 0. The lowest BCUT2D eigenvalue weighted by Gasteiger charge is -2.20. The molecule has 2 aromatic heterocycles. The van der Waals surface area contributed by atoms with Crippen molar-refractivity contribution in [2.24, 2.45) is 5.92 Å². The molecule has 0 aromatic carbocycles. The molecule has 0 radical (unpaired) electrons. The lowest BCUT2D eigenvalue weighted by atomic mass is 10.1. The van der Waals surface area contributed by atoms with Crippen molar-refractivity contribution < 1.29 is 22.8 Å². The van der Waals surface area contributed by atoms with Gasteiger partial charge in [0.25, 0.3) is 0 Å². The molecule has 4 heterocycles. The Morgan fingerprint density at radius 1 is 1.28 bits per heavy atom. The van der Waals surface area contributed by atoms with E-state index in [-0.39, 0.29) is 41.4 Å². The summed E-state index contributed by atoms with van der Waals surface area (Å²) in [5.41, 5.74) is 0.0610. The summed E-state index contributed by atoms with van der Waals surface area (Å²) in [6, 6.07) is 2.55. The minimum atomic E-state index is -4.53. The van der Waals surface area contributed by atoms with Crippen molar-refractivity contribution >= 4 is 17.5 Å². The van der Waals surface area contributed by atoms with Crippen molar-refractivity contribution in [3.05, 3.63) is 29.2 Å². The largest absolute Gasteiger partial charge is 0.433 e. The summed E-state index contributed by atoms with van der Waals surface area (Å²) < 4.78 is 40.9. The molecule has 10 heteroatoms. The number of rotatable bonds is 3. The molecule has 2 aliphatic rings. The predicted octanol–water partition coefficient (Wildman–Crippen LogP) is 2.24. The summed E-state index contributed by atoms with van der Waals surface area (Å²) in [5, 5.41) is 4.16. The van der Waals surface area contributed by atoms with Gasteiger partial charge in [0.15, 0.2) is 5.65 Å². The summed E-state index contributed by atoms with van der Waals surface area (Å²) in [6.07, 6.45) is -3.69. The highest BCUT2D eigenvalue weighted by molar-refractivity contribution is 5.89. The molecule has 2 aliphatic heterocycles. The van der Waals surface area contributed by atoms with Crippen LogP contribution in [0.15, 0.2) is 12.1 Å². The first kappa shape index (κ1) is 19.7. The maximum Gasteiger partial charge on any atom is 0.433 e. The van der Waals surface area contributed by atoms with E-state index in [1.54, 1.807) is 15.9 Å². The van der Waals surface area contributed by atoms with Gasteiger partial charge in [-0.15, -0.1) is 0 Å². The summed E-state index contributed by atoms with van der Waals surface area (Å²) in [7, 11) is 0. The monoisotopic (exact) mass is 409 g/mol. The standard InChI is InChI=1S/C19H22F3N5O2/c1-3-25-10-13(7-17(25)28)18(29)26-5-4-12(9-26)14-8-16-23-11(2)6-15(19(20,21)22)27(16)24-14/h6,8,12-13H,3-5,7,9-10H2,1-2H3/t12-,13-/m1/s1. The number of carbonyl (C=O) groups excluding carboxylic acids is 2. The second-order valence-corrected chi connectivity index (χ2v) is 7.72. The number of hydrogen-bond acceptors (Lipinski definition) is 4. The van der Waals surface area contributed by atoms with Crippen LogP contribution in [-0.2, 0) is 15.8 Å². The van der Waals surface area contributed by atoms with Gasteiger partial charge < -0.3 is 9.80 Å². The number of amides is 2. The Hall–Kier alpha value is -2.65. The third kappa shape index (κ3) is 3.56. The highest BCUT2D eigenvalue weighted by Gasteiger charge is 2.39. The van der Waals surface area contributed by atoms with E-state index in [1.807, 2.05) is 6.92 Å². The Kier molecular flexibility index (Phi) is 4.74. The van der Waals surface area contributed by atoms with Crippen molar-refractivity contribution in [3.8, 4) is 0 Å². The first-order chi connectivity index (χ1) is 13.7. The zero-order valence-corrected chi connectivity index (χ0v) is 16.2. The van der Waals surface area contributed by atoms with Crippen LogP contribution >= 0.6 is 0 Å².